The number of hydrogen-bond acceptors (Lipinski definition) is 6. The van der Waals surface area contributed by atoms with Crippen LogP contribution in [-0.2, 0) is 4.79 Å². The number of fused-ring (bicyclic) bond motifs is 4. The third kappa shape index (κ3) is 3.33. The number of nitrogens with zero attached hydrogens (tertiary/aromatic N) is 5. The zero-order valence-electron chi connectivity index (χ0n) is 18.3. The van der Waals surface area contributed by atoms with Gasteiger partial charge in [0.25, 0.3) is 11.6 Å². The fourth-order valence-electron chi connectivity index (χ4n) is 4.63. The summed E-state index contributed by atoms with van der Waals surface area (Å²) in [5.74, 6) is 0.454. The first-order valence-electron chi connectivity index (χ1n) is 10.8. The minimum Gasteiger partial charge on any atom is -0.317 e. The van der Waals surface area contributed by atoms with Crippen molar-refractivity contribution in [2.75, 3.05) is 10.2 Å². The van der Waals surface area contributed by atoms with Crippen LogP contribution in [0.2, 0.25) is 0 Å². The largest absolute Gasteiger partial charge is 0.317 e. The van der Waals surface area contributed by atoms with E-state index >= 15 is 0 Å². The van der Waals surface area contributed by atoms with Crippen molar-refractivity contribution in [3.8, 4) is 5.69 Å². The molecule has 0 saturated carbocycles. The third-order valence-electron chi connectivity index (χ3n) is 6.14. The molecule has 2 aliphatic heterocycles. The molecule has 0 bridgehead atoms. The Morgan fingerprint density at radius 1 is 1.06 bits per heavy atom. The Hall–Kier alpha value is -4.31. The summed E-state index contributed by atoms with van der Waals surface area (Å²) >= 11 is 3.58. The molecule has 2 aliphatic rings. The number of benzene rings is 3. The van der Waals surface area contributed by atoms with Crippen LogP contribution in [0.4, 0.5) is 22.9 Å². The molecule has 10 heteroatoms. The molecular formula is C25H17BrN6O3. The van der Waals surface area contributed by atoms with Gasteiger partial charge >= 0.3 is 0 Å². The summed E-state index contributed by atoms with van der Waals surface area (Å²) in [6, 6.07) is 21.3. The molecule has 3 aromatic carbocycles. The summed E-state index contributed by atoms with van der Waals surface area (Å²) in [7, 11) is 0. The van der Waals surface area contributed by atoms with Crippen LogP contribution in [0.15, 0.2) is 82.3 Å². The quantitative estimate of drug-likeness (QED) is 0.281. The number of aliphatic imine (C=N–C) groups is 1. The Kier molecular flexibility index (Phi) is 4.78. The van der Waals surface area contributed by atoms with Crippen molar-refractivity contribution in [1.82, 2.24) is 9.78 Å². The Bertz CT molecular complexity index is 1560. The maximum absolute atomic E-state index is 13.2. The van der Waals surface area contributed by atoms with E-state index in [1.54, 1.807) is 16.8 Å². The summed E-state index contributed by atoms with van der Waals surface area (Å²) in [4.78, 5) is 30.6. The smallest absolute Gasteiger partial charge is 0.291 e. The van der Waals surface area contributed by atoms with Gasteiger partial charge in [-0.1, -0.05) is 40.2 Å². The highest BCUT2D eigenvalue weighted by atomic mass is 79.9. The van der Waals surface area contributed by atoms with Gasteiger partial charge in [-0.3, -0.25) is 14.9 Å². The molecule has 9 nitrogen and oxygen atoms in total. The van der Waals surface area contributed by atoms with Gasteiger partial charge in [-0.05, 0) is 48.9 Å². The van der Waals surface area contributed by atoms with E-state index in [1.807, 2.05) is 60.4 Å². The maximum atomic E-state index is 13.2. The van der Waals surface area contributed by atoms with E-state index in [0.717, 1.165) is 27.0 Å². The van der Waals surface area contributed by atoms with Gasteiger partial charge in [-0.2, -0.15) is 5.10 Å². The summed E-state index contributed by atoms with van der Waals surface area (Å²) in [6.07, 6.45) is 0. The molecule has 6 rings (SSSR count). The number of aryl methyl sites for hydroxylation is 1. The highest BCUT2D eigenvalue weighted by molar-refractivity contribution is 9.10. The number of amidine groups is 1. The molecule has 35 heavy (non-hydrogen) atoms. The zero-order valence-corrected chi connectivity index (χ0v) is 19.9. The van der Waals surface area contributed by atoms with Gasteiger partial charge in [0.15, 0.2) is 5.82 Å². The minimum atomic E-state index is -0.446. The molecule has 1 aromatic heterocycles. The van der Waals surface area contributed by atoms with Crippen molar-refractivity contribution in [3.05, 3.63) is 104 Å². The molecule has 0 saturated heterocycles. The summed E-state index contributed by atoms with van der Waals surface area (Å²) < 4.78 is 2.55. The predicted molar refractivity (Wildman–Crippen MR) is 136 cm³/mol. The topological polar surface area (TPSA) is 106 Å². The van der Waals surface area contributed by atoms with Crippen LogP contribution in [-0.4, -0.2) is 26.4 Å². The lowest BCUT2D eigenvalue weighted by Crippen LogP contribution is -2.48. The van der Waals surface area contributed by atoms with Crippen molar-refractivity contribution in [1.29, 1.82) is 0 Å². The monoisotopic (exact) mass is 528 g/mol. The maximum Gasteiger partial charge on any atom is 0.291 e. The van der Waals surface area contributed by atoms with Crippen LogP contribution in [0.5, 0.6) is 0 Å². The van der Waals surface area contributed by atoms with Crippen molar-refractivity contribution < 1.29 is 9.72 Å². The van der Waals surface area contributed by atoms with Gasteiger partial charge in [0, 0.05) is 22.2 Å². The van der Waals surface area contributed by atoms with Crippen LogP contribution < -0.4 is 10.2 Å². The summed E-state index contributed by atoms with van der Waals surface area (Å²) in [5, 5.41) is 18.8. The van der Waals surface area contributed by atoms with E-state index < -0.39 is 4.92 Å². The van der Waals surface area contributed by atoms with Crippen molar-refractivity contribution >= 4 is 50.6 Å². The number of para-hydroxylation sites is 2. The number of anilines is 2. The Morgan fingerprint density at radius 3 is 2.57 bits per heavy atom. The van der Waals surface area contributed by atoms with Crippen molar-refractivity contribution in [3.63, 3.8) is 0 Å². The molecule has 3 heterocycles. The van der Waals surface area contributed by atoms with Gasteiger partial charge in [-0.25, -0.2) is 9.67 Å². The first kappa shape index (κ1) is 21.2. The van der Waals surface area contributed by atoms with E-state index in [4.69, 9.17) is 10.1 Å². The number of nitro groups is 1. The van der Waals surface area contributed by atoms with Gasteiger partial charge in [0.2, 0.25) is 5.84 Å². The average molecular weight is 529 g/mol. The normalized spacial score (nSPS) is 16.1. The van der Waals surface area contributed by atoms with E-state index in [9.17, 15) is 14.9 Å². The standard InChI is InChI=1S/C25H17BrN6O3/c1-14-21-22(15-5-4-6-16(26)13-15)30-20-8-3-2-7-19(20)27-25(33)24(30)28-23(21)31(29-14)17-9-11-18(12-10-17)32(34)35/h2-13,22H,1H3,(H,27,33)/t22-/m1/s1. The highest BCUT2D eigenvalue weighted by Crippen LogP contribution is 2.47. The Morgan fingerprint density at radius 2 is 1.83 bits per heavy atom. The van der Waals surface area contributed by atoms with E-state index in [2.05, 4.69) is 21.2 Å². The molecular weight excluding hydrogens is 512 g/mol. The zero-order chi connectivity index (χ0) is 24.3. The number of non-ortho nitro benzene ring substituents is 1. The summed E-state index contributed by atoms with van der Waals surface area (Å²) in [5.41, 5.74) is 4.71. The molecule has 1 amide bonds. The number of nitrogens with one attached hydrogen (secondary N) is 1. The average Bonchev–Trinajstić information content (AvgIpc) is 3.19. The number of halogens is 1. The lowest BCUT2D eigenvalue weighted by Gasteiger charge is -2.40. The second kappa shape index (κ2) is 7.88. The molecule has 4 aromatic rings. The van der Waals surface area contributed by atoms with Gasteiger partial charge in [0.1, 0.15) is 0 Å². The molecule has 0 aliphatic carbocycles. The lowest BCUT2D eigenvalue weighted by molar-refractivity contribution is -0.384. The van der Waals surface area contributed by atoms with Crippen LogP contribution >= 0.6 is 15.9 Å². The number of carbonyl (C=O) groups excluding carboxylic acids is 1. The first-order valence-corrected chi connectivity index (χ1v) is 11.6. The number of aromatic nitrogens is 2. The second-order valence-corrected chi connectivity index (χ2v) is 9.16. The van der Waals surface area contributed by atoms with Crippen LogP contribution in [0.25, 0.3) is 5.69 Å². The molecule has 172 valence electrons. The number of hydrogen-bond donors (Lipinski definition) is 1. The number of carbonyl (C=O) groups is 1. The molecule has 0 radical (unpaired) electrons. The SMILES string of the molecule is Cc1nn(-c2ccc([N+](=O)[O-])cc2)c2c1[C@@H](c1cccc(Br)c1)N1C(=N2)C(=O)Nc2ccccc21. The fourth-order valence-corrected chi connectivity index (χ4v) is 5.05. The first-order chi connectivity index (χ1) is 16.9. The van der Waals surface area contributed by atoms with E-state index in [0.29, 0.717) is 17.2 Å². The number of amides is 1. The van der Waals surface area contributed by atoms with E-state index in [-0.39, 0.29) is 23.5 Å². The van der Waals surface area contributed by atoms with Crippen LogP contribution in [0.3, 0.4) is 0 Å². The Labute approximate surface area is 208 Å². The number of nitro benzene ring substituents is 1. The number of rotatable bonds is 3. The summed E-state index contributed by atoms with van der Waals surface area (Å²) in [6.45, 7) is 1.90. The van der Waals surface area contributed by atoms with Crippen LogP contribution in [0, 0.1) is 17.0 Å². The van der Waals surface area contributed by atoms with Gasteiger partial charge in [0.05, 0.1) is 33.7 Å². The van der Waals surface area contributed by atoms with Crippen molar-refractivity contribution in [2.24, 2.45) is 4.99 Å². The molecule has 1 atom stereocenters. The van der Waals surface area contributed by atoms with E-state index in [1.165, 1.54) is 12.1 Å². The van der Waals surface area contributed by atoms with Crippen LogP contribution in [0.1, 0.15) is 22.9 Å². The Balaban J connectivity index is 1.62. The molecule has 0 fully saturated rings. The fraction of sp³-hybridized carbons (Fsp3) is 0.0800. The van der Waals surface area contributed by atoms with Gasteiger partial charge in [-0.15, -0.1) is 0 Å². The minimum absolute atomic E-state index is 0.0146. The molecule has 0 unspecified atom stereocenters. The highest BCUT2D eigenvalue weighted by Gasteiger charge is 2.42. The lowest BCUT2D eigenvalue weighted by atomic mass is 9.93. The molecule has 1 N–H and O–H groups in total. The second-order valence-electron chi connectivity index (χ2n) is 8.24. The van der Waals surface area contributed by atoms with Crippen molar-refractivity contribution in [2.45, 2.75) is 13.0 Å². The third-order valence-corrected chi connectivity index (χ3v) is 6.63. The predicted octanol–water partition coefficient (Wildman–Crippen LogP) is 5.44. The van der Waals surface area contributed by atoms with Gasteiger partial charge < -0.3 is 10.2 Å². The molecule has 0 spiro atoms.